The zero-order valence-corrected chi connectivity index (χ0v) is 8.24. The molecule has 0 fully saturated rings. The molecular formula is C8H16NO4+2. The van der Waals surface area contributed by atoms with Crippen LogP contribution in [0.15, 0.2) is 0 Å². The van der Waals surface area contributed by atoms with Crippen LogP contribution in [0.3, 0.4) is 0 Å². The lowest BCUT2D eigenvalue weighted by molar-refractivity contribution is -1.04. The van der Waals surface area contributed by atoms with Crippen molar-refractivity contribution in [1.82, 2.24) is 0 Å². The van der Waals surface area contributed by atoms with Gasteiger partial charge in [0.2, 0.25) is 0 Å². The number of aliphatic carboxylic acids is 1. The predicted octanol–water partition coefficient (Wildman–Crippen LogP) is 0.406. The molecule has 0 aromatic heterocycles. The largest absolute Gasteiger partial charge is 0.638 e. The average Bonchev–Trinajstić information content (AvgIpc) is 1.81. The summed E-state index contributed by atoms with van der Waals surface area (Å²) in [5, 5.41) is 8.30. The second-order valence-electron chi connectivity index (χ2n) is 3.60. The van der Waals surface area contributed by atoms with Gasteiger partial charge < -0.3 is 5.11 Å². The van der Waals surface area contributed by atoms with Crippen LogP contribution in [0.2, 0.25) is 0 Å². The first-order chi connectivity index (χ1) is 5.81. The molecule has 0 aromatic carbocycles. The third-order valence-electron chi connectivity index (χ3n) is 1.15. The minimum atomic E-state index is -0.891. The molecule has 0 aliphatic heterocycles. The summed E-state index contributed by atoms with van der Waals surface area (Å²) in [6.07, 6.45) is 0.488. The second-order valence-corrected chi connectivity index (χ2v) is 3.60. The summed E-state index contributed by atoms with van der Waals surface area (Å²) < 4.78 is 0.103. The Kier molecular flexibility index (Phi) is 4.40. The number of carbonyl (C=O) groups excluding carboxylic acids is 1. The molecule has 5 heteroatoms. The van der Waals surface area contributed by atoms with Gasteiger partial charge in [0, 0.05) is 6.42 Å². The number of rotatable bonds is 5. The van der Waals surface area contributed by atoms with E-state index in [2.05, 4.69) is 0 Å². The number of carboxylic acid groups (broad SMARTS) is 1. The van der Waals surface area contributed by atoms with E-state index in [1.807, 2.05) is 0 Å². The third-order valence-corrected chi connectivity index (χ3v) is 1.15. The normalized spacial score (nSPS) is 11.0. The highest BCUT2D eigenvalue weighted by molar-refractivity contribution is 5.70. The van der Waals surface area contributed by atoms with Crippen LogP contribution < -0.4 is 0 Å². The summed E-state index contributed by atoms with van der Waals surface area (Å²) in [6.45, 7) is 0. The summed E-state index contributed by atoms with van der Waals surface area (Å²) >= 11 is 0. The van der Waals surface area contributed by atoms with Crippen molar-refractivity contribution < 1.29 is 24.2 Å². The van der Waals surface area contributed by atoms with E-state index in [0.717, 1.165) is 0 Å². The van der Waals surface area contributed by atoms with E-state index in [0.29, 0.717) is 6.42 Å². The highest BCUT2D eigenvalue weighted by Crippen LogP contribution is 2.01. The lowest BCUT2D eigenvalue weighted by atomic mass is 10.2. The maximum Gasteiger partial charge on any atom is 0.638 e. The predicted molar refractivity (Wildman–Crippen MR) is 45.6 cm³/mol. The summed E-state index contributed by atoms with van der Waals surface area (Å²) in [6, 6.07) is 0. The number of hydroxylamine groups is 3. The van der Waals surface area contributed by atoms with Crippen LogP contribution in [-0.2, 0) is 14.4 Å². The molecule has 0 rings (SSSR count). The molecule has 0 aliphatic carbocycles. The number of hydrogen-bond donors (Lipinski definition) is 1. The van der Waals surface area contributed by atoms with E-state index in [1.54, 1.807) is 21.1 Å². The van der Waals surface area contributed by atoms with Crippen LogP contribution in [0, 0.1) is 0 Å². The highest BCUT2D eigenvalue weighted by atomic mass is 16.7. The first kappa shape index (κ1) is 11.9. The molecule has 13 heavy (non-hydrogen) atoms. The molecule has 0 saturated carbocycles. The Hall–Kier alpha value is -1.10. The van der Waals surface area contributed by atoms with Gasteiger partial charge in [-0.15, -0.1) is 0 Å². The van der Waals surface area contributed by atoms with Gasteiger partial charge in [-0.25, -0.2) is 0 Å². The number of hydrogen-bond acceptors (Lipinski definition) is 3. The Morgan fingerprint density at radius 3 is 2.31 bits per heavy atom. The highest BCUT2D eigenvalue weighted by Gasteiger charge is 2.28. The van der Waals surface area contributed by atoms with Crippen LogP contribution in [0.1, 0.15) is 19.3 Å². The van der Waals surface area contributed by atoms with Gasteiger partial charge in [0.15, 0.2) is 0 Å². The van der Waals surface area contributed by atoms with E-state index in [9.17, 15) is 9.59 Å². The molecule has 0 heterocycles. The molecule has 5 nitrogen and oxygen atoms in total. The van der Waals surface area contributed by atoms with E-state index >= 15 is 0 Å². The maximum absolute atomic E-state index is 11.0. The topological polar surface area (TPSA) is 66.4 Å². The fourth-order valence-electron chi connectivity index (χ4n) is 0.735. The van der Waals surface area contributed by atoms with Crippen molar-refractivity contribution in [3.63, 3.8) is 0 Å². The molecule has 0 amide bonds. The van der Waals surface area contributed by atoms with Crippen molar-refractivity contribution in [3.05, 3.63) is 0 Å². The SMILES string of the molecule is C[N+](C)(C)OC(=[O+])CCCC(=O)O. The van der Waals surface area contributed by atoms with Gasteiger partial charge in [-0.3, -0.25) is 4.79 Å². The number of carboxylic acids is 1. The molecule has 1 N–H and O–H groups in total. The Labute approximate surface area is 77.4 Å². The van der Waals surface area contributed by atoms with Crippen LogP contribution in [0.4, 0.5) is 0 Å². The molecule has 0 aliphatic rings. The Morgan fingerprint density at radius 2 is 1.92 bits per heavy atom. The Morgan fingerprint density at radius 1 is 1.38 bits per heavy atom. The third kappa shape index (κ3) is 8.81. The molecule has 0 spiro atoms. The molecule has 0 saturated heterocycles. The summed E-state index contributed by atoms with van der Waals surface area (Å²) in [7, 11) is 5.15. The van der Waals surface area contributed by atoms with Gasteiger partial charge >= 0.3 is 11.9 Å². The smallest absolute Gasteiger partial charge is 0.481 e. The molecular weight excluding hydrogens is 174 g/mol. The fraction of sp³-hybridized carbons (Fsp3) is 0.750. The average molecular weight is 190 g/mol. The molecule has 0 unspecified atom stereocenters. The number of quaternary nitrogens is 1. The lowest BCUT2D eigenvalue weighted by Crippen LogP contribution is -2.36. The van der Waals surface area contributed by atoms with Crippen molar-refractivity contribution in [2.24, 2.45) is 0 Å². The van der Waals surface area contributed by atoms with Gasteiger partial charge in [0.05, 0.1) is 4.79 Å². The van der Waals surface area contributed by atoms with Crippen molar-refractivity contribution in [3.8, 4) is 0 Å². The first-order valence-electron chi connectivity index (χ1n) is 4.07. The molecule has 0 atom stereocenters. The Bertz CT molecular complexity index is 195. The summed E-state index contributed by atoms with van der Waals surface area (Å²) in [4.78, 5) is 26.0. The molecule has 1 radical (unpaired) electrons. The van der Waals surface area contributed by atoms with E-state index in [4.69, 9.17) is 9.94 Å². The van der Waals surface area contributed by atoms with Crippen molar-refractivity contribution in [2.75, 3.05) is 21.1 Å². The molecule has 75 valence electrons. The quantitative estimate of drug-likeness (QED) is 0.387. The van der Waals surface area contributed by atoms with Gasteiger partial charge in [-0.2, -0.15) is 0 Å². The zero-order chi connectivity index (χ0) is 10.5. The van der Waals surface area contributed by atoms with Gasteiger partial charge in [0.25, 0.3) is 0 Å². The van der Waals surface area contributed by atoms with Crippen LogP contribution >= 0.6 is 0 Å². The molecule has 0 aromatic rings. The van der Waals surface area contributed by atoms with Crippen LogP contribution in [0.5, 0.6) is 0 Å². The number of carbonyl (C=O) groups is 2. The van der Waals surface area contributed by atoms with E-state index < -0.39 is 5.97 Å². The van der Waals surface area contributed by atoms with Crippen LogP contribution in [-0.4, -0.2) is 42.8 Å². The van der Waals surface area contributed by atoms with Crippen molar-refractivity contribution in [1.29, 1.82) is 0 Å². The van der Waals surface area contributed by atoms with Gasteiger partial charge in [-0.1, -0.05) is 9.48 Å². The van der Waals surface area contributed by atoms with E-state index in [-0.39, 0.29) is 23.5 Å². The van der Waals surface area contributed by atoms with E-state index in [1.165, 1.54) is 0 Å². The summed E-state index contributed by atoms with van der Waals surface area (Å²) in [5.74, 6) is -1.26. The monoisotopic (exact) mass is 190 g/mol. The first-order valence-corrected chi connectivity index (χ1v) is 4.07. The fourth-order valence-corrected chi connectivity index (χ4v) is 0.735. The molecule has 0 bridgehead atoms. The minimum Gasteiger partial charge on any atom is -0.481 e. The van der Waals surface area contributed by atoms with Crippen molar-refractivity contribution in [2.45, 2.75) is 19.3 Å². The van der Waals surface area contributed by atoms with Crippen LogP contribution in [0.25, 0.3) is 0 Å². The number of nitrogens with zero attached hydrogens (tertiary/aromatic N) is 1. The maximum atomic E-state index is 11.0. The zero-order valence-electron chi connectivity index (χ0n) is 8.24. The van der Waals surface area contributed by atoms with Crippen molar-refractivity contribution >= 4 is 11.9 Å². The standard InChI is InChI=1S/C8H15NO4/c1-9(2,3)13-8(12)6-4-5-7(10)11/h4-6H2,1-3H3/q+1/p+1. The summed E-state index contributed by atoms with van der Waals surface area (Å²) in [5.41, 5.74) is 0. The van der Waals surface area contributed by atoms with Gasteiger partial charge in [0.1, 0.15) is 27.6 Å². The Balaban J connectivity index is 3.59. The lowest BCUT2D eigenvalue weighted by Gasteiger charge is -2.09. The minimum absolute atomic E-state index is 0.00619. The second kappa shape index (κ2) is 4.81. The van der Waals surface area contributed by atoms with Gasteiger partial charge in [-0.05, 0) is 6.42 Å².